The molecule has 1 aliphatic heterocycles. The molecule has 1 amide bonds. The van der Waals surface area contributed by atoms with Gasteiger partial charge in [0.1, 0.15) is 0 Å². The van der Waals surface area contributed by atoms with Crippen molar-refractivity contribution in [2.24, 2.45) is 0 Å². The van der Waals surface area contributed by atoms with Crippen LogP contribution in [0.5, 0.6) is 0 Å². The Morgan fingerprint density at radius 1 is 1.35 bits per heavy atom. The van der Waals surface area contributed by atoms with Gasteiger partial charge in [-0.15, -0.1) is 0 Å². The van der Waals surface area contributed by atoms with Crippen LogP contribution in [0.4, 0.5) is 0 Å². The number of carbonyl (C=O) groups excluding carboxylic acids is 1. The summed E-state index contributed by atoms with van der Waals surface area (Å²) in [6.07, 6.45) is 1.94. The van der Waals surface area contributed by atoms with Crippen molar-refractivity contribution in [3.8, 4) is 0 Å². The topological polar surface area (TPSA) is 29.5 Å². The molecule has 0 unspecified atom stereocenters. The summed E-state index contributed by atoms with van der Waals surface area (Å²) in [6.45, 7) is 1.19. The molecule has 1 aromatic rings. The van der Waals surface area contributed by atoms with Gasteiger partial charge in [-0.3, -0.25) is 9.63 Å². The summed E-state index contributed by atoms with van der Waals surface area (Å²) in [4.78, 5) is 17.5. The van der Waals surface area contributed by atoms with E-state index in [0.717, 1.165) is 12.8 Å². The van der Waals surface area contributed by atoms with Crippen LogP contribution < -0.4 is 0 Å². The van der Waals surface area contributed by atoms with Crippen molar-refractivity contribution >= 4 is 51.7 Å². The molecule has 2 rings (SSSR count). The molecular formula is C11H10Cl2INO2. The summed E-state index contributed by atoms with van der Waals surface area (Å²) in [6, 6.07) is 3.24. The molecule has 0 aliphatic carbocycles. The van der Waals surface area contributed by atoms with Gasteiger partial charge < -0.3 is 0 Å². The van der Waals surface area contributed by atoms with Gasteiger partial charge in [0, 0.05) is 15.1 Å². The van der Waals surface area contributed by atoms with E-state index in [0.29, 0.717) is 32.3 Å². The Morgan fingerprint density at radius 2 is 2.12 bits per heavy atom. The molecule has 0 spiro atoms. The molecule has 6 heteroatoms. The highest BCUT2D eigenvalue weighted by Gasteiger charge is 2.22. The van der Waals surface area contributed by atoms with Gasteiger partial charge in [0.05, 0.1) is 17.2 Å². The molecule has 1 saturated heterocycles. The quantitative estimate of drug-likeness (QED) is 0.544. The van der Waals surface area contributed by atoms with Gasteiger partial charge in [0.15, 0.2) is 0 Å². The molecule has 0 bridgehead atoms. The van der Waals surface area contributed by atoms with Crippen molar-refractivity contribution in [3.63, 3.8) is 0 Å². The van der Waals surface area contributed by atoms with Gasteiger partial charge in [-0.1, -0.05) is 23.2 Å². The smallest absolute Gasteiger partial charge is 0.271 e. The fourth-order valence-electron chi connectivity index (χ4n) is 1.60. The number of benzene rings is 1. The highest BCUT2D eigenvalue weighted by Crippen LogP contribution is 2.28. The van der Waals surface area contributed by atoms with Crippen LogP contribution in [0.3, 0.4) is 0 Å². The van der Waals surface area contributed by atoms with E-state index in [4.69, 9.17) is 28.0 Å². The Labute approximate surface area is 123 Å². The maximum Gasteiger partial charge on any atom is 0.278 e. The van der Waals surface area contributed by atoms with Crippen molar-refractivity contribution in [2.45, 2.75) is 12.8 Å². The summed E-state index contributed by atoms with van der Waals surface area (Å²) in [5, 5.41) is 2.32. The van der Waals surface area contributed by atoms with Crippen LogP contribution >= 0.6 is 45.8 Å². The summed E-state index contributed by atoms with van der Waals surface area (Å²) in [5.41, 5.74) is 0.491. The van der Waals surface area contributed by atoms with E-state index in [-0.39, 0.29) is 5.91 Å². The van der Waals surface area contributed by atoms with Crippen LogP contribution in [0, 0.1) is 3.57 Å². The fraction of sp³-hybridized carbons (Fsp3) is 0.364. The van der Waals surface area contributed by atoms with Crippen LogP contribution in [0.2, 0.25) is 10.0 Å². The van der Waals surface area contributed by atoms with Crippen LogP contribution in [0.25, 0.3) is 0 Å². The molecule has 1 aliphatic rings. The number of hydrogen-bond donors (Lipinski definition) is 0. The van der Waals surface area contributed by atoms with Crippen molar-refractivity contribution in [1.82, 2.24) is 5.06 Å². The number of amides is 1. The standard InChI is InChI=1S/C11H10Cl2INO2/c12-7-5-8(10(14)9(13)6-7)11(16)15-3-1-2-4-17-15/h5-6H,1-4H2. The molecule has 0 N–H and O–H groups in total. The van der Waals surface area contributed by atoms with Gasteiger partial charge in [0.25, 0.3) is 5.91 Å². The number of hydroxylamine groups is 2. The molecule has 0 radical (unpaired) electrons. The van der Waals surface area contributed by atoms with Crippen molar-refractivity contribution in [3.05, 3.63) is 31.3 Å². The SMILES string of the molecule is O=C(c1cc(Cl)cc(Cl)c1I)N1CCCCO1. The second-order valence-corrected chi connectivity index (χ2v) is 5.62. The molecule has 92 valence electrons. The summed E-state index contributed by atoms with van der Waals surface area (Å²) < 4.78 is 0.702. The van der Waals surface area contributed by atoms with Gasteiger partial charge in [-0.25, -0.2) is 5.06 Å². The number of nitrogens with zero attached hydrogens (tertiary/aromatic N) is 1. The maximum absolute atomic E-state index is 12.2. The van der Waals surface area contributed by atoms with Gasteiger partial charge in [-0.2, -0.15) is 0 Å². The third-order valence-corrected chi connectivity index (χ3v) is 4.45. The first kappa shape index (κ1) is 13.4. The minimum absolute atomic E-state index is 0.182. The van der Waals surface area contributed by atoms with E-state index in [9.17, 15) is 4.79 Å². The molecule has 17 heavy (non-hydrogen) atoms. The lowest BCUT2D eigenvalue weighted by Gasteiger charge is -2.26. The van der Waals surface area contributed by atoms with Crippen LogP contribution in [0.1, 0.15) is 23.2 Å². The Kier molecular flexibility index (Phi) is 4.52. The van der Waals surface area contributed by atoms with E-state index in [1.54, 1.807) is 12.1 Å². The molecule has 1 aromatic carbocycles. The monoisotopic (exact) mass is 385 g/mol. The number of halogens is 3. The van der Waals surface area contributed by atoms with Crippen LogP contribution in [0.15, 0.2) is 12.1 Å². The van der Waals surface area contributed by atoms with Gasteiger partial charge in [0.2, 0.25) is 0 Å². The van der Waals surface area contributed by atoms with E-state index >= 15 is 0 Å². The van der Waals surface area contributed by atoms with E-state index in [1.807, 2.05) is 22.6 Å². The first-order valence-corrected chi connectivity index (χ1v) is 7.02. The second-order valence-electron chi connectivity index (χ2n) is 3.70. The van der Waals surface area contributed by atoms with E-state index in [2.05, 4.69) is 0 Å². The summed E-state index contributed by atoms with van der Waals surface area (Å²) in [5.74, 6) is -0.182. The first-order chi connectivity index (χ1) is 8.09. The average molecular weight is 386 g/mol. The van der Waals surface area contributed by atoms with E-state index in [1.165, 1.54) is 5.06 Å². The number of carbonyl (C=O) groups is 1. The number of rotatable bonds is 1. The second kappa shape index (κ2) is 5.73. The molecule has 1 fully saturated rings. The zero-order valence-electron chi connectivity index (χ0n) is 8.88. The Hall–Kier alpha value is -0.0400. The highest BCUT2D eigenvalue weighted by molar-refractivity contribution is 14.1. The molecule has 1 heterocycles. The van der Waals surface area contributed by atoms with Crippen LogP contribution in [-0.2, 0) is 4.84 Å². The maximum atomic E-state index is 12.2. The van der Waals surface area contributed by atoms with Gasteiger partial charge >= 0.3 is 0 Å². The normalized spacial score (nSPS) is 16.1. The lowest BCUT2D eigenvalue weighted by Crippen LogP contribution is -2.36. The van der Waals surface area contributed by atoms with Gasteiger partial charge in [-0.05, 0) is 47.6 Å². The predicted octanol–water partition coefficient (Wildman–Crippen LogP) is 3.77. The summed E-state index contributed by atoms with van der Waals surface area (Å²) in [7, 11) is 0. The van der Waals surface area contributed by atoms with Crippen LogP contribution in [-0.4, -0.2) is 24.1 Å². The predicted molar refractivity (Wildman–Crippen MR) is 75.4 cm³/mol. The largest absolute Gasteiger partial charge is 0.278 e. The Bertz CT molecular complexity index is 447. The Morgan fingerprint density at radius 3 is 2.76 bits per heavy atom. The zero-order chi connectivity index (χ0) is 12.4. The average Bonchev–Trinajstić information content (AvgIpc) is 2.34. The van der Waals surface area contributed by atoms with Crippen molar-refractivity contribution < 1.29 is 9.63 Å². The van der Waals surface area contributed by atoms with E-state index < -0.39 is 0 Å². The highest BCUT2D eigenvalue weighted by atomic mass is 127. The third-order valence-electron chi connectivity index (χ3n) is 2.45. The molecule has 3 nitrogen and oxygen atoms in total. The number of hydrogen-bond acceptors (Lipinski definition) is 2. The minimum atomic E-state index is -0.182. The van der Waals surface area contributed by atoms with Crippen molar-refractivity contribution in [1.29, 1.82) is 0 Å². The summed E-state index contributed by atoms with van der Waals surface area (Å²) >= 11 is 13.9. The molecular weight excluding hydrogens is 376 g/mol. The lowest BCUT2D eigenvalue weighted by atomic mass is 10.2. The minimum Gasteiger partial charge on any atom is -0.271 e. The third kappa shape index (κ3) is 3.05. The molecule has 0 saturated carbocycles. The van der Waals surface area contributed by atoms with Crippen molar-refractivity contribution in [2.75, 3.05) is 13.2 Å². The first-order valence-electron chi connectivity index (χ1n) is 5.19. The zero-order valence-corrected chi connectivity index (χ0v) is 12.6. The Balaban J connectivity index is 2.29. The molecule has 0 atom stereocenters. The molecule has 0 aromatic heterocycles. The fourth-order valence-corrected chi connectivity index (χ4v) is 2.64. The lowest BCUT2D eigenvalue weighted by molar-refractivity contribution is -0.144.